The molecular formula is CdCuNiZn. The zero-order valence-corrected chi connectivity index (χ0v) is 11.0. The molecule has 0 aliphatic carbocycles. The molecule has 0 rings (SSSR count). The van der Waals surface area contributed by atoms with Crippen molar-refractivity contribution in [3.63, 3.8) is 0 Å². The molecule has 1 radical (unpaired) electrons. The van der Waals surface area contributed by atoms with Gasteiger partial charge in [-0.05, 0) is 0 Å². The maximum absolute atomic E-state index is 0. The third-order valence-electron chi connectivity index (χ3n) is 0. The summed E-state index contributed by atoms with van der Waals surface area (Å²) < 4.78 is 0. The Bertz CT molecular complexity index is 8.00. The van der Waals surface area contributed by atoms with Gasteiger partial charge in [-0.15, -0.1) is 0 Å². The number of hydrogen-bond acceptors (Lipinski definition) is 0. The van der Waals surface area contributed by atoms with Gasteiger partial charge in [0.05, 0.1) is 0 Å². The average Bonchev–Trinajstić information content (AvgIpc) is 0. The molecule has 0 aromatic carbocycles. The van der Waals surface area contributed by atoms with Crippen molar-refractivity contribution in [1.29, 1.82) is 0 Å². The van der Waals surface area contributed by atoms with E-state index in [4.69, 9.17) is 0 Å². The van der Waals surface area contributed by atoms with E-state index in [1.165, 1.54) is 0 Å². The van der Waals surface area contributed by atoms with Crippen molar-refractivity contribution in [2.24, 2.45) is 0 Å². The van der Waals surface area contributed by atoms with Crippen molar-refractivity contribution < 1.29 is 80.3 Å². The van der Waals surface area contributed by atoms with Crippen molar-refractivity contribution in [2.45, 2.75) is 0 Å². The number of rotatable bonds is 0. The van der Waals surface area contributed by atoms with Gasteiger partial charge in [0.1, 0.15) is 0 Å². The van der Waals surface area contributed by atoms with Gasteiger partial charge >= 0.3 is 0 Å². The summed E-state index contributed by atoms with van der Waals surface area (Å²) in [5, 5.41) is 0. The summed E-state index contributed by atoms with van der Waals surface area (Å²) in [6, 6.07) is 0. The van der Waals surface area contributed by atoms with E-state index >= 15 is 0 Å². The molecule has 4 heavy (non-hydrogen) atoms. The van der Waals surface area contributed by atoms with E-state index in [1.807, 2.05) is 0 Å². The van der Waals surface area contributed by atoms with Crippen molar-refractivity contribution >= 4 is 0 Å². The van der Waals surface area contributed by atoms with Crippen LogP contribution in [0, 0.1) is 0 Å². The summed E-state index contributed by atoms with van der Waals surface area (Å²) in [5.41, 5.74) is 0. The van der Waals surface area contributed by atoms with Crippen molar-refractivity contribution in [3.8, 4) is 0 Å². The molecule has 0 fully saturated rings. The Hall–Kier alpha value is 2.56. The van der Waals surface area contributed by atoms with Crippen molar-refractivity contribution in [3.05, 3.63) is 0 Å². The van der Waals surface area contributed by atoms with E-state index in [0.717, 1.165) is 0 Å². The zero-order chi connectivity index (χ0) is 0. The van der Waals surface area contributed by atoms with Gasteiger partial charge < -0.3 is 0 Å². The Morgan fingerprint density at radius 1 is 1.00 bits per heavy atom. The van der Waals surface area contributed by atoms with Crippen molar-refractivity contribution in [1.82, 2.24) is 0 Å². The second-order valence-corrected chi connectivity index (χ2v) is 0. The summed E-state index contributed by atoms with van der Waals surface area (Å²) in [7, 11) is 0. The Kier molecular flexibility index (Phi) is 137. The first kappa shape index (κ1) is 31.0. The van der Waals surface area contributed by atoms with E-state index in [-0.39, 0.29) is 80.3 Å². The maximum atomic E-state index is 0. The van der Waals surface area contributed by atoms with Crippen molar-refractivity contribution in [2.75, 3.05) is 0 Å². The van der Waals surface area contributed by atoms with Gasteiger partial charge in [-0.2, -0.15) is 0 Å². The standard InChI is InChI=1S/Cd.Cu.Ni.Zn. The van der Waals surface area contributed by atoms with E-state index in [1.54, 1.807) is 0 Å². The average molecular weight is 300 g/mol. The molecule has 0 bridgehead atoms. The van der Waals surface area contributed by atoms with Crippen LogP contribution >= 0.6 is 0 Å². The Morgan fingerprint density at radius 2 is 1.00 bits per heavy atom. The largest absolute Gasteiger partial charge is 0 e. The Labute approximate surface area is 79.2 Å². The molecule has 0 atom stereocenters. The molecule has 0 N–H and O–H groups in total. The predicted molar refractivity (Wildman–Crippen MR) is 0 cm³/mol. The van der Waals surface area contributed by atoms with Crippen LogP contribution in [-0.4, -0.2) is 0 Å². The van der Waals surface area contributed by atoms with Gasteiger partial charge in [0.15, 0.2) is 0 Å². The minimum Gasteiger partial charge on any atom is 0 e. The van der Waals surface area contributed by atoms with Crippen LogP contribution < -0.4 is 0 Å². The molecule has 0 saturated carbocycles. The molecule has 0 aliphatic heterocycles. The zero-order valence-electron chi connectivity index (χ0n) is 2.03. The molecule has 0 saturated heterocycles. The molecule has 0 heterocycles. The second kappa shape index (κ2) is 17.6. The maximum Gasteiger partial charge on any atom is 0 e. The monoisotopic (exact) mass is 299 g/mol. The molecule has 0 aromatic rings. The van der Waals surface area contributed by atoms with Crippen LogP contribution in [0.25, 0.3) is 0 Å². The molecular weight excluding hydrogens is 300 g/mol. The first-order chi connectivity index (χ1) is 0. The second-order valence-electron chi connectivity index (χ2n) is 0. The van der Waals surface area contributed by atoms with E-state index in [0.29, 0.717) is 0 Å². The topological polar surface area (TPSA) is 0 Å². The Balaban J connectivity index is 0. The molecule has 0 unspecified atom stereocenters. The van der Waals surface area contributed by atoms with Gasteiger partial charge in [0.2, 0.25) is 0 Å². The smallest absolute Gasteiger partial charge is 0 e. The predicted octanol–water partition coefficient (Wildman–Crippen LogP) is -0.0100. The van der Waals surface area contributed by atoms with Crippen LogP contribution in [0.15, 0.2) is 0 Å². The summed E-state index contributed by atoms with van der Waals surface area (Å²) >= 11 is 0. The van der Waals surface area contributed by atoms with Gasteiger partial charge in [-0.1, -0.05) is 0 Å². The Morgan fingerprint density at radius 3 is 1.00 bits per heavy atom. The van der Waals surface area contributed by atoms with Crippen LogP contribution in [-0.2, 0) is 80.3 Å². The van der Waals surface area contributed by atoms with E-state index in [2.05, 4.69) is 0 Å². The summed E-state index contributed by atoms with van der Waals surface area (Å²) in [4.78, 5) is 0. The molecule has 0 aliphatic rings. The van der Waals surface area contributed by atoms with Crippen LogP contribution in [0.5, 0.6) is 0 Å². The molecule has 0 aromatic heterocycles. The fraction of sp³-hybridized carbons (Fsp3) is 0. The number of hydrogen-bond donors (Lipinski definition) is 0. The van der Waals surface area contributed by atoms with Gasteiger partial charge in [0, 0.05) is 80.3 Å². The first-order valence-electron chi connectivity index (χ1n) is 0. The SMILES string of the molecule is [Cd].[Cu].[Ni].[Zn]. The van der Waals surface area contributed by atoms with Crippen LogP contribution in [0.2, 0.25) is 0 Å². The molecule has 0 nitrogen and oxygen atoms in total. The van der Waals surface area contributed by atoms with Gasteiger partial charge in [0.25, 0.3) is 0 Å². The van der Waals surface area contributed by atoms with Crippen LogP contribution in [0.3, 0.4) is 0 Å². The molecule has 25 valence electrons. The van der Waals surface area contributed by atoms with Gasteiger partial charge in [-0.3, -0.25) is 0 Å². The molecule has 4 heteroatoms. The minimum absolute atomic E-state index is 0. The molecule has 0 spiro atoms. The fourth-order valence-corrected chi connectivity index (χ4v) is 0. The quantitative estimate of drug-likeness (QED) is 0.552. The third-order valence-corrected chi connectivity index (χ3v) is 0. The van der Waals surface area contributed by atoms with E-state index < -0.39 is 0 Å². The fourth-order valence-electron chi connectivity index (χ4n) is 0. The van der Waals surface area contributed by atoms with Crippen LogP contribution in [0.4, 0.5) is 0 Å². The van der Waals surface area contributed by atoms with E-state index in [9.17, 15) is 0 Å². The van der Waals surface area contributed by atoms with Crippen LogP contribution in [0.1, 0.15) is 0 Å². The summed E-state index contributed by atoms with van der Waals surface area (Å²) in [6.45, 7) is 0. The molecule has 0 amide bonds. The minimum atomic E-state index is 0. The first-order valence-corrected chi connectivity index (χ1v) is 0. The third kappa shape index (κ3) is 8.82. The van der Waals surface area contributed by atoms with Gasteiger partial charge in [-0.25, -0.2) is 0 Å². The summed E-state index contributed by atoms with van der Waals surface area (Å²) in [6.07, 6.45) is 0. The summed E-state index contributed by atoms with van der Waals surface area (Å²) in [5.74, 6) is 0. The normalized spacial score (nSPS) is 0.